The molecule has 3 nitrogen and oxygen atoms in total. The summed E-state index contributed by atoms with van der Waals surface area (Å²) in [4.78, 5) is 12.9. The first-order valence-electron chi connectivity index (χ1n) is 5.94. The van der Waals surface area contributed by atoms with Crippen molar-refractivity contribution in [3.05, 3.63) is 29.8 Å². The van der Waals surface area contributed by atoms with Crippen LogP contribution in [0.2, 0.25) is 0 Å². The van der Waals surface area contributed by atoms with Gasteiger partial charge in [0.1, 0.15) is 0 Å². The van der Waals surface area contributed by atoms with Gasteiger partial charge in [-0.1, -0.05) is 18.2 Å². The van der Waals surface area contributed by atoms with E-state index in [-0.39, 0.29) is 5.91 Å². The zero-order chi connectivity index (χ0) is 12.1. The van der Waals surface area contributed by atoms with Crippen molar-refractivity contribution in [3.8, 4) is 0 Å². The van der Waals surface area contributed by atoms with Gasteiger partial charge in [0.2, 0.25) is 5.91 Å². The van der Waals surface area contributed by atoms with E-state index in [1.807, 2.05) is 12.1 Å². The Morgan fingerprint density at radius 2 is 2.35 bits per heavy atom. The second-order valence-electron chi connectivity index (χ2n) is 4.31. The molecule has 2 N–H and O–H groups in total. The molecular weight excluding hydrogens is 232 g/mol. The summed E-state index contributed by atoms with van der Waals surface area (Å²) in [6.07, 6.45) is 1.04. The van der Waals surface area contributed by atoms with Crippen molar-refractivity contribution in [2.24, 2.45) is 0 Å². The molecule has 1 fully saturated rings. The van der Waals surface area contributed by atoms with Crippen molar-refractivity contribution >= 4 is 17.7 Å². The second kappa shape index (κ2) is 6.07. The molecule has 4 heteroatoms. The SMILES string of the molecule is Cc1ccccc1SCC(=O)NC1CCNC1. The molecular formula is C13H18N2OS. The number of rotatable bonds is 4. The van der Waals surface area contributed by atoms with Crippen LogP contribution in [0, 0.1) is 6.92 Å². The quantitative estimate of drug-likeness (QED) is 0.797. The minimum atomic E-state index is 0.131. The molecule has 0 spiro atoms. The predicted octanol–water partition coefficient (Wildman–Crippen LogP) is 1.57. The number of aryl methyl sites for hydroxylation is 1. The molecule has 0 aromatic heterocycles. The lowest BCUT2D eigenvalue weighted by molar-refractivity contribution is -0.119. The van der Waals surface area contributed by atoms with Gasteiger partial charge in [0.05, 0.1) is 5.75 Å². The number of thioether (sulfide) groups is 1. The van der Waals surface area contributed by atoms with Gasteiger partial charge in [-0.15, -0.1) is 11.8 Å². The zero-order valence-corrected chi connectivity index (χ0v) is 10.8. The van der Waals surface area contributed by atoms with Gasteiger partial charge in [-0.25, -0.2) is 0 Å². The lowest BCUT2D eigenvalue weighted by atomic mass is 10.2. The van der Waals surface area contributed by atoms with Crippen molar-refractivity contribution in [2.75, 3.05) is 18.8 Å². The van der Waals surface area contributed by atoms with Crippen LogP contribution >= 0.6 is 11.8 Å². The Hall–Kier alpha value is -1.00. The summed E-state index contributed by atoms with van der Waals surface area (Å²) in [7, 11) is 0. The molecule has 0 radical (unpaired) electrons. The van der Waals surface area contributed by atoms with Crippen LogP contribution < -0.4 is 10.6 Å². The van der Waals surface area contributed by atoms with E-state index in [1.54, 1.807) is 11.8 Å². The number of nitrogens with one attached hydrogen (secondary N) is 2. The number of carbonyl (C=O) groups excluding carboxylic acids is 1. The third-order valence-electron chi connectivity index (χ3n) is 2.88. The Balaban J connectivity index is 1.77. The Kier molecular flexibility index (Phi) is 4.45. The van der Waals surface area contributed by atoms with Gasteiger partial charge in [0, 0.05) is 17.5 Å². The Labute approximate surface area is 106 Å². The summed E-state index contributed by atoms with van der Waals surface area (Å²) in [6.45, 7) is 3.98. The molecule has 0 bridgehead atoms. The van der Waals surface area contributed by atoms with Gasteiger partial charge >= 0.3 is 0 Å². The molecule has 1 saturated heterocycles. The average Bonchev–Trinajstić information content (AvgIpc) is 2.81. The molecule has 1 aliphatic heterocycles. The topological polar surface area (TPSA) is 41.1 Å². The van der Waals surface area contributed by atoms with Crippen molar-refractivity contribution in [2.45, 2.75) is 24.3 Å². The van der Waals surface area contributed by atoms with Gasteiger partial charge in [0.25, 0.3) is 0 Å². The molecule has 1 aromatic carbocycles. The fraction of sp³-hybridized carbons (Fsp3) is 0.462. The summed E-state index contributed by atoms with van der Waals surface area (Å²) >= 11 is 1.61. The molecule has 1 atom stereocenters. The van der Waals surface area contributed by atoms with E-state index in [0.717, 1.165) is 19.5 Å². The largest absolute Gasteiger partial charge is 0.351 e. The minimum absolute atomic E-state index is 0.131. The molecule has 0 saturated carbocycles. The maximum absolute atomic E-state index is 11.7. The van der Waals surface area contributed by atoms with E-state index in [9.17, 15) is 4.79 Å². The normalized spacial score (nSPS) is 19.2. The van der Waals surface area contributed by atoms with Crippen LogP contribution in [0.25, 0.3) is 0 Å². The van der Waals surface area contributed by atoms with E-state index in [1.165, 1.54) is 10.5 Å². The van der Waals surface area contributed by atoms with Crippen LogP contribution in [0.3, 0.4) is 0 Å². The highest BCUT2D eigenvalue weighted by atomic mass is 32.2. The monoisotopic (exact) mass is 250 g/mol. The lowest BCUT2D eigenvalue weighted by Crippen LogP contribution is -2.37. The molecule has 1 unspecified atom stereocenters. The fourth-order valence-electron chi connectivity index (χ4n) is 1.91. The highest BCUT2D eigenvalue weighted by molar-refractivity contribution is 8.00. The van der Waals surface area contributed by atoms with E-state index < -0.39 is 0 Å². The molecule has 1 amide bonds. The number of amides is 1. The van der Waals surface area contributed by atoms with Gasteiger partial charge in [-0.2, -0.15) is 0 Å². The number of hydrogen-bond acceptors (Lipinski definition) is 3. The summed E-state index contributed by atoms with van der Waals surface area (Å²) in [5.74, 6) is 0.633. The predicted molar refractivity (Wildman–Crippen MR) is 71.3 cm³/mol. The third-order valence-corrected chi connectivity index (χ3v) is 4.05. The third kappa shape index (κ3) is 3.75. The number of carbonyl (C=O) groups is 1. The molecule has 1 aromatic rings. The zero-order valence-electron chi connectivity index (χ0n) is 10.0. The molecule has 1 heterocycles. The van der Waals surface area contributed by atoms with Crippen LogP contribution in [0.5, 0.6) is 0 Å². The first-order valence-corrected chi connectivity index (χ1v) is 6.93. The van der Waals surface area contributed by atoms with Crippen LogP contribution in [0.1, 0.15) is 12.0 Å². The highest BCUT2D eigenvalue weighted by Crippen LogP contribution is 2.21. The van der Waals surface area contributed by atoms with Gasteiger partial charge < -0.3 is 10.6 Å². The van der Waals surface area contributed by atoms with Crippen LogP contribution in [-0.2, 0) is 4.79 Å². The highest BCUT2D eigenvalue weighted by Gasteiger charge is 2.16. The van der Waals surface area contributed by atoms with Gasteiger partial charge in [-0.05, 0) is 31.5 Å². The number of benzene rings is 1. The summed E-state index contributed by atoms with van der Waals surface area (Å²) in [5.41, 5.74) is 1.23. The standard InChI is InChI=1S/C13H18N2OS/c1-10-4-2-3-5-12(10)17-9-13(16)15-11-6-7-14-8-11/h2-5,11,14H,6-9H2,1H3,(H,15,16). The molecule has 92 valence electrons. The molecule has 2 rings (SSSR count). The van der Waals surface area contributed by atoms with E-state index in [0.29, 0.717) is 11.8 Å². The Bertz CT molecular complexity index is 389. The second-order valence-corrected chi connectivity index (χ2v) is 5.33. The van der Waals surface area contributed by atoms with E-state index >= 15 is 0 Å². The average molecular weight is 250 g/mol. The summed E-state index contributed by atoms with van der Waals surface area (Å²) < 4.78 is 0. The van der Waals surface area contributed by atoms with Crippen molar-refractivity contribution < 1.29 is 4.79 Å². The first kappa shape index (κ1) is 12.5. The maximum Gasteiger partial charge on any atom is 0.230 e. The minimum Gasteiger partial charge on any atom is -0.351 e. The molecule has 17 heavy (non-hydrogen) atoms. The summed E-state index contributed by atoms with van der Waals surface area (Å²) in [6, 6.07) is 8.48. The molecule has 0 aliphatic carbocycles. The first-order chi connectivity index (χ1) is 8.25. The van der Waals surface area contributed by atoms with Crippen LogP contribution in [0.15, 0.2) is 29.2 Å². The van der Waals surface area contributed by atoms with E-state index in [4.69, 9.17) is 0 Å². The van der Waals surface area contributed by atoms with Gasteiger partial charge in [0.15, 0.2) is 0 Å². The van der Waals surface area contributed by atoms with Crippen LogP contribution in [-0.4, -0.2) is 30.8 Å². The van der Waals surface area contributed by atoms with Crippen molar-refractivity contribution in [1.82, 2.24) is 10.6 Å². The van der Waals surface area contributed by atoms with Crippen LogP contribution in [0.4, 0.5) is 0 Å². The van der Waals surface area contributed by atoms with Crippen molar-refractivity contribution in [1.29, 1.82) is 0 Å². The van der Waals surface area contributed by atoms with Gasteiger partial charge in [-0.3, -0.25) is 4.79 Å². The molecule has 1 aliphatic rings. The van der Waals surface area contributed by atoms with E-state index in [2.05, 4.69) is 29.7 Å². The number of hydrogen-bond donors (Lipinski definition) is 2. The lowest BCUT2D eigenvalue weighted by Gasteiger charge is -2.11. The fourth-order valence-corrected chi connectivity index (χ4v) is 2.75. The maximum atomic E-state index is 11.7. The summed E-state index contributed by atoms with van der Waals surface area (Å²) in [5, 5.41) is 6.29. The Morgan fingerprint density at radius 1 is 1.53 bits per heavy atom. The Morgan fingerprint density at radius 3 is 3.06 bits per heavy atom. The van der Waals surface area contributed by atoms with Crippen molar-refractivity contribution in [3.63, 3.8) is 0 Å². The smallest absolute Gasteiger partial charge is 0.230 e.